The number of hydrogen-bond donors (Lipinski definition) is 2. The fraction of sp³-hybridized carbons (Fsp3) is 0.526. The molecule has 1 saturated carbocycles. The van der Waals surface area contributed by atoms with Crippen LogP contribution in [-0.4, -0.2) is 68.1 Å². The first-order valence-corrected chi connectivity index (χ1v) is 17.6. The predicted octanol–water partition coefficient (Wildman–Crippen LogP) is 6.69. The van der Waals surface area contributed by atoms with E-state index in [1.54, 1.807) is 33.8 Å². The van der Waals surface area contributed by atoms with Crippen LogP contribution in [0.25, 0.3) is 5.69 Å². The highest BCUT2D eigenvalue weighted by Gasteiger charge is 2.32. The van der Waals surface area contributed by atoms with E-state index >= 15 is 0 Å². The summed E-state index contributed by atoms with van der Waals surface area (Å²) in [6, 6.07) is 14.7. The van der Waals surface area contributed by atoms with Crippen molar-refractivity contribution in [2.75, 3.05) is 25.0 Å². The van der Waals surface area contributed by atoms with Crippen LogP contribution in [0, 0.1) is 12.8 Å². The van der Waals surface area contributed by atoms with Gasteiger partial charge in [-0.05, 0) is 80.3 Å². The third-order valence-electron chi connectivity index (χ3n) is 9.72. The average molecular weight is 642 g/mol. The maximum absolute atomic E-state index is 14.5. The topological polar surface area (TPSA) is 108 Å². The maximum atomic E-state index is 14.5. The lowest BCUT2D eigenvalue weighted by molar-refractivity contribution is -0.117. The number of unbranched alkanes of at least 4 members (excludes halogenated alkanes) is 2. The Bertz CT molecular complexity index is 1530. The normalized spacial score (nSPS) is 16.5. The Labute approximate surface area is 279 Å². The highest BCUT2D eigenvalue weighted by Crippen LogP contribution is 2.30. The van der Waals surface area contributed by atoms with Gasteiger partial charge in [0.15, 0.2) is 5.69 Å². The number of amides is 3. The van der Waals surface area contributed by atoms with Crippen LogP contribution in [0.1, 0.15) is 116 Å². The summed E-state index contributed by atoms with van der Waals surface area (Å²) in [5.41, 5.74) is 4.68. The van der Waals surface area contributed by atoms with Gasteiger partial charge in [0.05, 0.1) is 23.9 Å². The number of hydrogen-bond acceptors (Lipinski definition) is 5. The number of nitrogens with one attached hydrogen (secondary N) is 1. The van der Waals surface area contributed by atoms with Crippen molar-refractivity contribution < 1.29 is 19.5 Å². The van der Waals surface area contributed by atoms with Crippen LogP contribution in [0.15, 0.2) is 48.5 Å². The third kappa shape index (κ3) is 8.30. The number of aliphatic hydroxyl groups is 1. The molecule has 2 heterocycles. The fourth-order valence-electron chi connectivity index (χ4n) is 6.98. The molecule has 0 unspecified atom stereocenters. The van der Waals surface area contributed by atoms with E-state index in [0.29, 0.717) is 61.0 Å². The Morgan fingerprint density at radius 1 is 0.957 bits per heavy atom. The summed E-state index contributed by atoms with van der Waals surface area (Å²) in [5, 5.41) is 18.2. The quantitative estimate of drug-likeness (QED) is 0.216. The van der Waals surface area contributed by atoms with Crippen LogP contribution < -0.4 is 5.32 Å². The highest BCUT2D eigenvalue weighted by molar-refractivity contribution is 6.01. The van der Waals surface area contributed by atoms with E-state index in [1.807, 2.05) is 36.1 Å². The number of nitrogens with zero attached hydrogens (tertiary/aromatic N) is 4. The van der Waals surface area contributed by atoms with Gasteiger partial charge in [0.25, 0.3) is 11.8 Å². The molecule has 3 aromatic rings. The molecule has 47 heavy (non-hydrogen) atoms. The van der Waals surface area contributed by atoms with Crippen LogP contribution >= 0.6 is 0 Å². The van der Waals surface area contributed by atoms with Crippen molar-refractivity contribution in [1.29, 1.82) is 0 Å². The van der Waals surface area contributed by atoms with Gasteiger partial charge in [-0.25, -0.2) is 4.68 Å². The van der Waals surface area contributed by atoms with Gasteiger partial charge in [-0.2, -0.15) is 5.10 Å². The monoisotopic (exact) mass is 641 g/mol. The smallest absolute Gasteiger partial charge is 0.274 e. The molecule has 2 aliphatic rings. The molecule has 1 aliphatic carbocycles. The van der Waals surface area contributed by atoms with E-state index in [2.05, 4.69) is 19.2 Å². The Hall–Kier alpha value is -3.98. The molecule has 0 saturated heterocycles. The molecule has 2 N–H and O–H groups in total. The minimum absolute atomic E-state index is 0.0504. The van der Waals surface area contributed by atoms with Crippen molar-refractivity contribution >= 4 is 23.4 Å². The lowest BCUT2D eigenvalue weighted by Crippen LogP contribution is -2.46. The number of benzene rings is 2. The van der Waals surface area contributed by atoms with Crippen molar-refractivity contribution in [3.8, 4) is 5.69 Å². The average Bonchev–Trinajstić information content (AvgIpc) is 3.48. The van der Waals surface area contributed by atoms with Crippen molar-refractivity contribution in [3.63, 3.8) is 0 Å². The van der Waals surface area contributed by atoms with Gasteiger partial charge in [0.1, 0.15) is 0 Å². The molecule has 0 spiro atoms. The SMILES string of the molecule is CCCCN(CCCC)C(=O)c1cc(C)n(-c2ccc(NC(=O)CC3CCCCC3)cc2C(=O)N2Cc3ccccc3C[C@H]2CO)n1. The van der Waals surface area contributed by atoms with E-state index in [9.17, 15) is 19.5 Å². The fourth-order valence-corrected chi connectivity index (χ4v) is 6.98. The zero-order valence-corrected chi connectivity index (χ0v) is 28.3. The number of aliphatic hydroxyl groups excluding tert-OH is 1. The summed E-state index contributed by atoms with van der Waals surface area (Å²) < 4.78 is 1.66. The molecule has 252 valence electrons. The number of carbonyl (C=O) groups excluding carboxylic acids is 3. The van der Waals surface area contributed by atoms with Crippen LogP contribution in [-0.2, 0) is 17.8 Å². The van der Waals surface area contributed by atoms with Gasteiger partial charge >= 0.3 is 0 Å². The van der Waals surface area contributed by atoms with E-state index in [4.69, 9.17) is 5.10 Å². The second-order valence-corrected chi connectivity index (χ2v) is 13.3. The van der Waals surface area contributed by atoms with E-state index in [-0.39, 0.29) is 24.3 Å². The highest BCUT2D eigenvalue weighted by atomic mass is 16.3. The number of aromatic nitrogens is 2. The van der Waals surface area contributed by atoms with Crippen molar-refractivity contribution in [2.24, 2.45) is 5.92 Å². The number of aryl methyl sites for hydroxylation is 1. The van der Waals surface area contributed by atoms with E-state index in [0.717, 1.165) is 55.3 Å². The van der Waals surface area contributed by atoms with Crippen LogP contribution in [0.5, 0.6) is 0 Å². The Balaban J connectivity index is 1.49. The zero-order valence-electron chi connectivity index (χ0n) is 28.3. The number of anilines is 1. The Kier molecular flexibility index (Phi) is 11.9. The molecule has 1 atom stereocenters. The molecule has 1 fully saturated rings. The van der Waals surface area contributed by atoms with Gasteiger partial charge in [0.2, 0.25) is 5.91 Å². The number of carbonyl (C=O) groups is 3. The number of fused-ring (bicyclic) bond motifs is 1. The molecule has 9 nitrogen and oxygen atoms in total. The summed E-state index contributed by atoms with van der Waals surface area (Å²) in [6.07, 6.45) is 10.6. The minimum Gasteiger partial charge on any atom is -0.394 e. The molecule has 9 heteroatoms. The first kappa shape index (κ1) is 34.4. The third-order valence-corrected chi connectivity index (χ3v) is 9.72. The zero-order chi connectivity index (χ0) is 33.3. The summed E-state index contributed by atoms with van der Waals surface area (Å²) >= 11 is 0. The van der Waals surface area contributed by atoms with Crippen molar-refractivity contribution in [3.05, 3.63) is 76.6 Å². The van der Waals surface area contributed by atoms with Gasteiger partial charge in [-0.15, -0.1) is 0 Å². The maximum Gasteiger partial charge on any atom is 0.274 e. The summed E-state index contributed by atoms with van der Waals surface area (Å²) in [4.78, 5) is 44.9. The molecule has 0 bridgehead atoms. The Morgan fingerprint density at radius 2 is 1.66 bits per heavy atom. The van der Waals surface area contributed by atoms with E-state index < -0.39 is 6.04 Å². The molecular weight excluding hydrogens is 590 g/mol. The van der Waals surface area contributed by atoms with Crippen molar-refractivity contribution in [1.82, 2.24) is 19.6 Å². The summed E-state index contributed by atoms with van der Waals surface area (Å²) in [5.74, 6) is -0.0289. The molecule has 0 radical (unpaired) electrons. The minimum atomic E-state index is -0.392. The van der Waals surface area contributed by atoms with Crippen molar-refractivity contribution in [2.45, 2.75) is 104 Å². The van der Waals surface area contributed by atoms with Crippen LogP contribution in [0.4, 0.5) is 5.69 Å². The number of rotatable bonds is 13. The molecule has 3 amide bonds. The Morgan fingerprint density at radius 3 is 2.34 bits per heavy atom. The molecule has 5 rings (SSSR count). The summed E-state index contributed by atoms with van der Waals surface area (Å²) in [7, 11) is 0. The second-order valence-electron chi connectivity index (χ2n) is 13.3. The molecular formula is C38H51N5O4. The lowest BCUT2D eigenvalue weighted by atomic mass is 9.87. The van der Waals surface area contributed by atoms with Crippen LogP contribution in [0.2, 0.25) is 0 Å². The second kappa shape index (κ2) is 16.2. The molecule has 1 aromatic heterocycles. The largest absolute Gasteiger partial charge is 0.394 e. The molecule has 2 aromatic carbocycles. The predicted molar refractivity (Wildman–Crippen MR) is 185 cm³/mol. The van der Waals surface area contributed by atoms with Gasteiger partial charge < -0.3 is 20.2 Å². The van der Waals surface area contributed by atoms with Gasteiger partial charge in [0, 0.05) is 37.4 Å². The lowest BCUT2D eigenvalue weighted by Gasteiger charge is -2.36. The first-order valence-electron chi connectivity index (χ1n) is 17.6. The summed E-state index contributed by atoms with van der Waals surface area (Å²) in [6.45, 7) is 7.67. The van der Waals surface area contributed by atoms with Gasteiger partial charge in [-0.3, -0.25) is 14.4 Å². The standard InChI is InChI=1S/C38H51N5O4/c1-4-6-19-41(20-7-5-2)38(47)34-21-27(3)43(40-34)35-18-17-31(39-36(45)22-28-13-9-8-10-14-28)24-33(35)37(46)42-25-30-16-12-11-15-29(30)23-32(42)26-44/h11-12,15-18,21,24,28,32,44H,4-10,13-14,19-20,22-23,25-26H2,1-3H3,(H,39,45)/t32-/m0/s1. The van der Waals surface area contributed by atoms with E-state index in [1.165, 1.54) is 19.3 Å². The van der Waals surface area contributed by atoms with Gasteiger partial charge in [-0.1, -0.05) is 70.2 Å². The van der Waals surface area contributed by atoms with Crippen LogP contribution in [0.3, 0.4) is 0 Å². The molecule has 1 aliphatic heterocycles. The first-order chi connectivity index (χ1) is 22.8.